The van der Waals surface area contributed by atoms with E-state index in [9.17, 15) is 0 Å². The Labute approximate surface area is 175 Å². The third-order valence-corrected chi connectivity index (χ3v) is 5.65. The van der Waals surface area contributed by atoms with Crippen molar-refractivity contribution in [3.63, 3.8) is 0 Å². The summed E-state index contributed by atoms with van der Waals surface area (Å²) in [7, 11) is 0. The second kappa shape index (κ2) is 9.69. The van der Waals surface area contributed by atoms with Gasteiger partial charge in [0.1, 0.15) is 6.33 Å². The van der Waals surface area contributed by atoms with Crippen molar-refractivity contribution in [2.75, 3.05) is 29.9 Å². The SMILES string of the molecule is CCNc1nc(N2CCCCCC2)nc(-n2cnc(SCc3ccccc3)n2)n1. The first-order valence-corrected chi connectivity index (χ1v) is 11.1. The van der Waals surface area contributed by atoms with Crippen LogP contribution < -0.4 is 10.2 Å². The highest BCUT2D eigenvalue weighted by atomic mass is 32.2. The Balaban J connectivity index is 1.54. The van der Waals surface area contributed by atoms with Gasteiger partial charge in [-0.05, 0) is 25.3 Å². The Hall–Kier alpha value is -2.68. The van der Waals surface area contributed by atoms with Gasteiger partial charge in [-0.15, -0.1) is 5.10 Å². The van der Waals surface area contributed by atoms with E-state index >= 15 is 0 Å². The Morgan fingerprint density at radius 2 is 1.72 bits per heavy atom. The van der Waals surface area contributed by atoms with Crippen LogP contribution in [0.25, 0.3) is 5.95 Å². The van der Waals surface area contributed by atoms with Gasteiger partial charge in [0.15, 0.2) is 0 Å². The van der Waals surface area contributed by atoms with Gasteiger partial charge in [0.05, 0.1) is 0 Å². The number of thioether (sulfide) groups is 1. The normalized spacial score (nSPS) is 14.6. The van der Waals surface area contributed by atoms with Gasteiger partial charge in [-0.2, -0.15) is 19.6 Å². The summed E-state index contributed by atoms with van der Waals surface area (Å²) in [5.41, 5.74) is 1.24. The van der Waals surface area contributed by atoms with E-state index in [-0.39, 0.29) is 0 Å². The van der Waals surface area contributed by atoms with Crippen molar-refractivity contribution < 1.29 is 0 Å². The molecule has 4 rings (SSSR count). The molecule has 152 valence electrons. The fourth-order valence-corrected chi connectivity index (χ4v) is 3.99. The topological polar surface area (TPSA) is 84.7 Å². The second-order valence-electron chi connectivity index (χ2n) is 6.94. The summed E-state index contributed by atoms with van der Waals surface area (Å²) < 4.78 is 1.64. The molecule has 3 aromatic rings. The summed E-state index contributed by atoms with van der Waals surface area (Å²) in [5.74, 6) is 2.60. The average Bonchev–Trinajstić information content (AvgIpc) is 3.06. The molecular weight excluding hydrogens is 384 g/mol. The van der Waals surface area contributed by atoms with Crippen LogP contribution >= 0.6 is 11.8 Å². The molecule has 8 nitrogen and oxygen atoms in total. The van der Waals surface area contributed by atoms with Crippen LogP contribution in [0.2, 0.25) is 0 Å². The van der Waals surface area contributed by atoms with Crippen LogP contribution in [-0.2, 0) is 5.75 Å². The van der Waals surface area contributed by atoms with E-state index in [0.717, 1.165) is 25.4 Å². The molecule has 0 bridgehead atoms. The first kappa shape index (κ1) is 19.6. The number of rotatable bonds is 7. The van der Waals surface area contributed by atoms with Crippen LogP contribution in [0.4, 0.5) is 11.9 Å². The van der Waals surface area contributed by atoms with E-state index in [4.69, 9.17) is 4.98 Å². The number of hydrogen-bond donors (Lipinski definition) is 1. The van der Waals surface area contributed by atoms with Crippen LogP contribution in [0, 0.1) is 0 Å². The molecule has 1 aliphatic heterocycles. The average molecular weight is 411 g/mol. The molecule has 3 heterocycles. The van der Waals surface area contributed by atoms with Crippen molar-refractivity contribution in [1.82, 2.24) is 29.7 Å². The van der Waals surface area contributed by atoms with Crippen LogP contribution in [0.15, 0.2) is 41.8 Å². The monoisotopic (exact) mass is 410 g/mol. The third kappa shape index (κ3) is 5.23. The lowest BCUT2D eigenvalue weighted by Gasteiger charge is -2.20. The lowest BCUT2D eigenvalue weighted by atomic mass is 10.2. The Kier molecular flexibility index (Phi) is 6.56. The van der Waals surface area contributed by atoms with Gasteiger partial charge < -0.3 is 10.2 Å². The quantitative estimate of drug-likeness (QED) is 0.592. The van der Waals surface area contributed by atoms with Gasteiger partial charge in [-0.1, -0.05) is 54.9 Å². The smallest absolute Gasteiger partial charge is 0.258 e. The van der Waals surface area contributed by atoms with Crippen molar-refractivity contribution in [3.05, 3.63) is 42.2 Å². The summed E-state index contributed by atoms with van der Waals surface area (Å²) in [4.78, 5) is 20.5. The van der Waals surface area contributed by atoms with Crippen molar-refractivity contribution in [2.24, 2.45) is 0 Å². The van der Waals surface area contributed by atoms with E-state index in [1.807, 2.05) is 25.1 Å². The molecule has 0 aliphatic carbocycles. The molecule has 2 aromatic heterocycles. The van der Waals surface area contributed by atoms with Crippen molar-refractivity contribution >= 4 is 23.7 Å². The zero-order valence-electron chi connectivity index (χ0n) is 16.7. The summed E-state index contributed by atoms with van der Waals surface area (Å²) in [6, 6.07) is 10.3. The van der Waals surface area contributed by atoms with Gasteiger partial charge in [0.2, 0.25) is 17.1 Å². The molecule has 0 atom stereocenters. The zero-order valence-corrected chi connectivity index (χ0v) is 17.5. The maximum atomic E-state index is 4.70. The molecule has 1 aliphatic rings. The maximum absolute atomic E-state index is 4.70. The highest BCUT2D eigenvalue weighted by molar-refractivity contribution is 7.98. The highest BCUT2D eigenvalue weighted by Crippen LogP contribution is 2.21. The number of aromatic nitrogens is 6. The highest BCUT2D eigenvalue weighted by Gasteiger charge is 2.17. The van der Waals surface area contributed by atoms with Gasteiger partial charge in [-0.3, -0.25) is 0 Å². The van der Waals surface area contributed by atoms with Crippen molar-refractivity contribution in [3.8, 4) is 5.95 Å². The molecule has 0 amide bonds. The zero-order chi connectivity index (χ0) is 19.9. The van der Waals surface area contributed by atoms with E-state index in [0.29, 0.717) is 23.0 Å². The Morgan fingerprint density at radius 3 is 2.48 bits per heavy atom. The standard InChI is InChI=1S/C20H26N8S/c1-2-21-17-23-18(27-12-8-3-4-9-13-27)25-19(24-17)28-15-22-20(26-28)29-14-16-10-6-5-7-11-16/h5-7,10-11,15H,2-4,8-9,12-14H2,1H3,(H,21,23,24,25). The molecule has 1 N–H and O–H groups in total. The fourth-order valence-electron chi connectivity index (χ4n) is 3.24. The molecule has 1 aromatic carbocycles. The minimum absolute atomic E-state index is 0.495. The predicted molar refractivity (Wildman–Crippen MR) is 116 cm³/mol. The predicted octanol–water partition coefficient (Wildman–Crippen LogP) is 3.56. The van der Waals surface area contributed by atoms with E-state index in [1.54, 1.807) is 22.8 Å². The first-order valence-electron chi connectivity index (χ1n) is 10.2. The summed E-state index contributed by atoms with van der Waals surface area (Å²) in [6.45, 7) is 4.73. The third-order valence-electron chi connectivity index (χ3n) is 4.72. The van der Waals surface area contributed by atoms with Crippen LogP contribution in [0.1, 0.15) is 38.2 Å². The Bertz CT molecular complexity index is 906. The lowest BCUT2D eigenvalue weighted by molar-refractivity contribution is 0.726. The van der Waals surface area contributed by atoms with Gasteiger partial charge in [0, 0.05) is 25.4 Å². The minimum atomic E-state index is 0.495. The van der Waals surface area contributed by atoms with Crippen LogP contribution in [0.5, 0.6) is 0 Å². The maximum Gasteiger partial charge on any atom is 0.258 e. The lowest BCUT2D eigenvalue weighted by Crippen LogP contribution is -2.27. The number of nitrogens with one attached hydrogen (secondary N) is 1. The summed E-state index contributed by atoms with van der Waals surface area (Å²) in [5, 5.41) is 8.49. The molecule has 0 saturated carbocycles. The van der Waals surface area contributed by atoms with Crippen LogP contribution in [-0.4, -0.2) is 49.4 Å². The van der Waals surface area contributed by atoms with Gasteiger partial charge >= 0.3 is 0 Å². The summed E-state index contributed by atoms with van der Waals surface area (Å²) >= 11 is 1.60. The van der Waals surface area contributed by atoms with Crippen molar-refractivity contribution in [1.29, 1.82) is 0 Å². The Morgan fingerprint density at radius 1 is 0.966 bits per heavy atom. The number of nitrogens with zero attached hydrogens (tertiary/aromatic N) is 7. The molecule has 1 fully saturated rings. The molecule has 9 heteroatoms. The van der Waals surface area contributed by atoms with Gasteiger partial charge in [-0.25, -0.2) is 4.98 Å². The molecule has 0 radical (unpaired) electrons. The number of anilines is 2. The van der Waals surface area contributed by atoms with E-state index in [2.05, 4.69) is 42.4 Å². The number of hydrogen-bond acceptors (Lipinski definition) is 8. The largest absolute Gasteiger partial charge is 0.354 e. The summed E-state index contributed by atoms with van der Waals surface area (Å²) in [6.07, 6.45) is 6.53. The van der Waals surface area contributed by atoms with Gasteiger partial charge in [0.25, 0.3) is 5.95 Å². The second-order valence-corrected chi connectivity index (χ2v) is 7.88. The number of benzene rings is 1. The van der Waals surface area contributed by atoms with E-state index in [1.165, 1.54) is 31.2 Å². The van der Waals surface area contributed by atoms with Crippen molar-refractivity contribution in [2.45, 2.75) is 43.5 Å². The minimum Gasteiger partial charge on any atom is -0.354 e. The molecule has 29 heavy (non-hydrogen) atoms. The van der Waals surface area contributed by atoms with Crippen LogP contribution in [0.3, 0.4) is 0 Å². The molecule has 0 unspecified atom stereocenters. The first-order chi connectivity index (χ1) is 14.3. The fraction of sp³-hybridized carbons (Fsp3) is 0.450. The molecule has 1 saturated heterocycles. The molecule has 0 spiro atoms. The van der Waals surface area contributed by atoms with E-state index < -0.39 is 0 Å². The molecular formula is C20H26N8S.